The number of methoxy groups -OCH3 is 1. The molecule has 110 valence electrons. The second-order valence-corrected chi connectivity index (χ2v) is 5.11. The molecule has 0 spiro atoms. The van der Waals surface area contributed by atoms with Gasteiger partial charge in [0.2, 0.25) is 0 Å². The van der Waals surface area contributed by atoms with Gasteiger partial charge in [0.05, 0.1) is 0 Å². The first-order valence-electron chi connectivity index (χ1n) is 6.85. The van der Waals surface area contributed by atoms with Crippen molar-refractivity contribution in [3.05, 3.63) is 35.4 Å². The van der Waals surface area contributed by atoms with Gasteiger partial charge in [-0.05, 0) is 37.3 Å². The standard InChI is InChI=1S/C15H19F2NO2/c1-20-10-7-11-5-8-18(9-6-11)15(19)14-12(16)3-2-4-13(14)17/h2-4,11H,5-10H2,1H3. The summed E-state index contributed by atoms with van der Waals surface area (Å²) in [6, 6.07) is 3.49. The predicted octanol–water partition coefficient (Wildman–Crippen LogP) is 2.85. The number of likely N-dealkylation sites (tertiary alicyclic amines) is 1. The van der Waals surface area contributed by atoms with Gasteiger partial charge in [0, 0.05) is 26.8 Å². The Bertz CT molecular complexity index is 451. The number of hydrogen-bond acceptors (Lipinski definition) is 2. The Morgan fingerprint density at radius 2 is 1.90 bits per heavy atom. The van der Waals surface area contributed by atoms with Crippen molar-refractivity contribution < 1.29 is 18.3 Å². The second kappa shape index (κ2) is 6.79. The number of rotatable bonds is 4. The highest BCUT2D eigenvalue weighted by molar-refractivity contribution is 5.94. The van der Waals surface area contributed by atoms with Crippen LogP contribution in [-0.4, -0.2) is 37.6 Å². The smallest absolute Gasteiger partial charge is 0.259 e. The highest BCUT2D eigenvalue weighted by Crippen LogP contribution is 2.23. The molecule has 1 aliphatic heterocycles. The summed E-state index contributed by atoms with van der Waals surface area (Å²) in [7, 11) is 1.67. The molecule has 1 aromatic rings. The van der Waals surface area contributed by atoms with Gasteiger partial charge in [-0.1, -0.05) is 6.07 Å². The fourth-order valence-electron chi connectivity index (χ4n) is 2.57. The lowest BCUT2D eigenvalue weighted by molar-refractivity contribution is 0.0660. The number of carbonyl (C=O) groups is 1. The van der Waals surface area contributed by atoms with Gasteiger partial charge in [-0.25, -0.2) is 8.78 Å². The molecule has 1 aliphatic rings. The van der Waals surface area contributed by atoms with E-state index in [1.54, 1.807) is 7.11 Å². The molecule has 1 fully saturated rings. The van der Waals surface area contributed by atoms with Crippen molar-refractivity contribution in [2.24, 2.45) is 5.92 Å². The van der Waals surface area contributed by atoms with Crippen molar-refractivity contribution in [1.29, 1.82) is 0 Å². The zero-order chi connectivity index (χ0) is 14.5. The summed E-state index contributed by atoms with van der Waals surface area (Å²) in [4.78, 5) is 13.7. The van der Waals surface area contributed by atoms with Gasteiger partial charge in [0.1, 0.15) is 17.2 Å². The molecule has 1 saturated heterocycles. The van der Waals surface area contributed by atoms with E-state index in [0.717, 1.165) is 31.4 Å². The molecule has 0 aromatic heterocycles. The van der Waals surface area contributed by atoms with E-state index in [0.29, 0.717) is 25.6 Å². The number of nitrogens with zero attached hydrogens (tertiary/aromatic N) is 1. The Morgan fingerprint density at radius 1 is 1.30 bits per heavy atom. The molecule has 0 bridgehead atoms. The van der Waals surface area contributed by atoms with Gasteiger partial charge in [-0.3, -0.25) is 4.79 Å². The van der Waals surface area contributed by atoms with Gasteiger partial charge in [0.15, 0.2) is 0 Å². The number of carbonyl (C=O) groups excluding carboxylic acids is 1. The number of amides is 1. The molecule has 0 atom stereocenters. The molecular weight excluding hydrogens is 264 g/mol. The molecule has 5 heteroatoms. The normalized spacial score (nSPS) is 16.4. The molecule has 1 aromatic carbocycles. The quantitative estimate of drug-likeness (QED) is 0.850. The van der Waals surface area contributed by atoms with Gasteiger partial charge < -0.3 is 9.64 Å². The number of piperidine rings is 1. The van der Waals surface area contributed by atoms with Crippen molar-refractivity contribution in [3.63, 3.8) is 0 Å². The van der Waals surface area contributed by atoms with Crippen LogP contribution >= 0.6 is 0 Å². The molecule has 1 heterocycles. The first-order chi connectivity index (χ1) is 9.63. The molecular formula is C15H19F2NO2. The van der Waals surface area contributed by atoms with E-state index in [2.05, 4.69) is 0 Å². The number of hydrogen-bond donors (Lipinski definition) is 0. The van der Waals surface area contributed by atoms with E-state index >= 15 is 0 Å². The lowest BCUT2D eigenvalue weighted by Crippen LogP contribution is -2.39. The molecule has 0 radical (unpaired) electrons. The van der Waals surface area contributed by atoms with Crippen LogP contribution in [0.15, 0.2) is 18.2 Å². The number of ether oxygens (including phenoxy) is 1. The SMILES string of the molecule is COCCC1CCN(C(=O)c2c(F)cccc2F)CC1. The molecule has 1 amide bonds. The Labute approximate surface area is 117 Å². The Kier molecular flexibility index (Phi) is 5.06. The van der Waals surface area contributed by atoms with Crippen LogP contribution in [-0.2, 0) is 4.74 Å². The first-order valence-corrected chi connectivity index (χ1v) is 6.85. The predicted molar refractivity (Wildman–Crippen MR) is 71.5 cm³/mol. The van der Waals surface area contributed by atoms with E-state index in [-0.39, 0.29) is 0 Å². The minimum atomic E-state index is -0.795. The minimum absolute atomic E-state index is 0.442. The van der Waals surface area contributed by atoms with Crippen molar-refractivity contribution in [1.82, 2.24) is 4.90 Å². The summed E-state index contributed by atoms with van der Waals surface area (Å²) in [6.07, 6.45) is 2.67. The molecule has 0 aliphatic carbocycles. The maximum Gasteiger partial charge on any atom is 0.259 e. The van der Waals surface area contributed by atoms with Crippen LogP contribution in [0.4, 0.5) is 8.78 Å². The van der Waals surface area contributed by atoms with Crippen LogP contribution in [0, 0.1) is 17.6 Å². The van der Waals surface area contributed by atoms with Crippen molar-refractivity contribution in [3.8, 4) is 0 Å². The molecule has 3 nitrogen and oxygen atoms in total. The van der Waals surface area contributed by atoms with E-state index in [4.69, 9.17) is 4.74 Å². The average molecular weight is 283 g/mol. The lowest BCUT2D eigenvalue weighted by atomic mass is 9.93. The molecule has 0 unspecified atom stereocenters. The van der Waals surface area contributed by atoms with Crippen LogP contribution in [0.3, 0.4) is 0 Å². The van der Waals surface area contributed by atoms with Crippen molar-refractivity contribution in [2.45, 2.75) is 19.3 Å². The van der Waals surface area contributed by atoms with E-state index in [1.807, 2.05) is 0 Å². The molecule has 0 N–H and O–H groups in total. The lowest BCUT2D eigenvalue weighted by Gasteiger charge is -2.32. The third-order valence-electron chi connectivity index (χ3n) is 3.81. The van der Waals surface area contributed by atoms with Gasteiger partial charge in [0.25, 0.3) is 5.91 Å². The molecule has 20 heavy (non-hydrogen) atoms. The van der Waals surface area contributed by atoms with Crippen LogP contribution in [0.2, 0.25) is 0 Å². The summed E-state index contributed by atoms with van der Waals surface area (Å²) in [6.45, 7) is 1.79. The van der Waals surface area contributed by atoms with Gasteiger partial charge in [-0.15, -0.1) is 0 Å². The Balaban J connectivity index is 1.98. The third kappa shape index (κ3) is 3.33. The summed E-state index contributed by atoms with van der Waals surface area (Å²) in [5, 5.41) is 0. The van der Waals surface area contributed by atoms with E-state index < -0.39 is 23.1 Å². The van der Waals surface area contributed by atoms with Crippen LogP contribution < -0.4 is 0 Å². The summed E-state index contributed by atoms with van der Waals surface area (Å²) in [5.74, 6) is -1.62. The summed E-state index contributed by atoms with van der Waals surface area (Å²) < 4.78 is 32.2. The number of halogens is 2. The highest BCUT2D eigenvalue weighted by atomic mass is 19.1. The summed E-state index contributed by atoms with van der Waals surface area (Å²) in [5.41, 5.74) is -0.442. The van der Waals surface area contributed by atoms with E-state index in [9.17, 15) is 13.6 Å². The van der Waals surface area contributed by atoms with Crippen molar-refractivity contribution >= 4 is 5.91 Å². The van der Waals surface area contributed by atoms with Gasteiger partial charge >= 0.3 is 0 Å². The fourth-order valence-corrected chi connectivity index (χ4v) is 2.57. The first kappa shape index (κ1) is 14.9. The topological polar surface area (TPSA) is 29.5 Å². The maximum absolute atomic E-state index is 13.6. The largest absolute Gasteiger partial charge is 0.385 e. The van der Waals surface area contributed by atoms with Gasteiger partial charge in [-0.2, -0.15) is 0 Å². The van der Waals surface area contributed by atoms with Crippen LogP contribution in [0.1, 0.15) is 29.6 Å². The molecule has 0 saturated carbocycles. The van der Waals surface area contributed by atoms with Crippen LogP contribution in [0.25, 0.3) is 0 Å². The highest BCUT2D eigenvalue weighted by Gasteiger charge is 2.27. The second-order valence-electron chi connectivity index (χ2n) is 5.11. The third-order valence-corrected chi connectivity index (χ3v) is 3.81. The monoisotopic (exact) mass is 283 g/mol. The zero-order valence-corrected chi connectivity index (χ0v) is 11.6. The van der Waals surface area contributed by atoms with E-state index in [1.165, 1.54) is 11.0 Å². The summed E-state index contributed by atoms with van der Waals surface area (Å²) >= 11 is 0. The Hall–Kier alpha value is -1.49. The van der Waals surface area contributed by atoms with Crippen molar-refractivity contribution in [2.75, 3.05) is 26.8 Å². The molecule has 2 rings (SSSR count). The maximum atomic E-state index is 13.6. The minimum Gasteiger partial charge on any atom is -0.385 e. The number of benzene rings is 1. The zero-order valence-electron chi connectivity index (χ0n) is 11.6. The van der Waals surface area contributed by atoms with Crippen LogP contribution in [0.5, 0.6) is 0 Å². The Morgan fingerprint density at radius 3 is 2.45 bits per heavy atom. The average Bonchev–Trinajstić information content (AvgIpc) is 2.45. The fraction of sp³-hybridized carbons (Fsp3) is 0.533.